The fraction of sp³-hybridized carbons (Fsp3) is 0.214. The molecular weight excluding hydrogens is 446 g/mol. The average Bonchev–Trinajstić information content (AvgIpc) is 3.17. The second-order valence-electron chi connectivity index (χ2n) is 8.35. The molecule has 0 aromatic heterocycles. The fourth-order valence-corrected chi connectivity index (χ4v) is 4.48. The van der Waals surface area contributed by atoms with Gasteiger partial charge in [-0.1, -0.05) is 42.5 Å². The number of aryl methyl sites for hydroxylation is 1. The van der Waals surface area contributed by atoms with E-state index in [1.165, 1.54) is 4.90 Å². The molecule has 3 aromatic carbocycles. The molecular formula is C28H25NO6. The molecule has 2 aliphatic heterocycles. The highest BCUT2D eigenvalue weighted by atomic mass is 16.6. The van der Waals surface area contributed by atoms with E-state index in [9.17, 15) is 14.7 Å². The van der Waals surface area contributed by atoms with Crippen molar-refractivity contribution < 1.29 is 28.9 Å². The molecule has 0 aliphatic carbocycles. The third-order valence-electron chi connectivity index (χ3n) is 6.23. The van der Waals surface area contributed by atoms with Crippen molar-refractivity contribution in [3.63, 3.8) is 0 Å². The van der Waals surface area contributed by atoms with Crippen molar-refractivity contribution in [2.75, 3.05) is 25.2 Å². The number of ketones is 1. The smallest absolute Gasteiger partial charge is 0.294 e. The van der Waals surface area contributed by atoms with E-state index in [0.717, 1.165) is 5.56 Å². The first-order valence-corrected chi connectivity index (χ1v) is 11.4. The van der Waals surface area contributed by atoms with E-state index in [4.69, 9.17) is 14.2 Å². The Labute approximate surface area is 203 Å². The first-order chi connectivity index (χ1) is 17.1. The monoisotopic (exact) mass is 471 g/mol. The van der Waals surface area contributed by atoms with E-state index in [-0.39, 0.29) is 17.8 Å². The Morgan fingerprint density at radius 3 is 2.43 bits per heavy atom. The normalized spacial score (nSPS) is 17.0. The summed E-state index contributed by atoms with van der Waals surface area (Å²) in [6.45, 7) is 0.852. The zero-order chi connectivity index (χ0) is 24.4. The molecule has 5 rings (SSSR count). The van der Waals surface area contributed by atoms with Crippen molar-refractivity contribution in [1.82, 2.24) is 0 Å². The molecule has 0 spiro atoms. The third-order valence-corrected chi connectivity index (χ3v) is 6.23. The molecule has 7 nitrogen and oxygen atoms in total. The number of Topliss-reactive ketones (excluding diaryl/α,β-unsaturated/α-hetero) is 1. The number of carbonyl (C=O) groups is 2. The van der Waals surface area contributed by atoms with Crippen LogP contribution >= 0.6 is 0 Å². The molecule has 3 aromatic rings. The van der Waals surface area contributed by atoms with Gasteiger partial charge in [0.05, 0.1) is 18.7 Å². The zero-order valence-electron chi connectivity index (χ0n) is 19.3. The zero-order valence-corrected chi connectivity index (χ0v) is 19.3. The van der Waals surface area contributed by atoms with E-state index in [1.807, 2.05) is 30.3 Å². The number of aliphatic hydroxyl groups is 1. The summed E-state index contributed by atoms with van der Waals surface area (Å²) in [4.78, 5) is 28.2. The van der Waals surface area contributed by atoms with Crippen LogP contribution in [0.2, 0.25) is 0 Å². The number of methoxy groups -OCH3 is 1. The number of hydrogen-bond acceptors (Lipinski definition) is 6. The summed E-state index contributed by atoms with van der Waals surface area (Å²) in [7, 11) is 1.57. The van der Waals surface area contributed by atoms with Gasteiger partial charge in [0, 0.05) is 18.2 Å². The summed E-state index contributed by atoms with van der Waals surface area (Å²) in [6, 6.07) is 21.1. The maximum absolute atomic E-state index is 13.4. The van der Waals surface area contributed by atoms with Crippen molar-refractivity contribution in [1.29, 1.82) is 0 Å². The third kappa shape index (κ3) is 4.33. The Morgan fingerprint density at radius 1 is 1.00 bits per heavy atom. The van der Waals surface area contributed by atoms with Crippen LogP contribution in [0.25, 0.3) is 0 Å². The number of aliphatic hydroxyl groups excluding tert-OH is 1. The molecule has 0 saturated carbocycles. The Kier molecular flexibility index (Phi) is 6.14. The van der Waals surface area contributed by atoms with Gasteiger partial charge < -0.3 is 19.3 Å². The number of ether oxygens (including phenoxy) is 3. The van der Waals surface area contributed by atoms with E-state index in [0.29, 0.717) is 48.1 Å². The number of amides is 1. The predicted molar refractivity (Wildman–Crippen MR) is 130 cm³/mol. The van der Waals surface area contributed by atoms with Gasteiger partial charge in [0.1, 0.15) is 19.0 Å². The molecule has 1 atom stereocenters. The van der Waals surface area contributed by atoms with Gasteiger partial charge in [-0.2, -0.15) is 0 Å². The lowest BCUT2D eigenvalue weighted by Gasteiger charge is -2.28. The first kappa shape index (κ1) is 22.5. The largest absolute Gasteiger partial charge is 0.503 e. The number of hydrogen-bond donors (Lipinski definition) is 1. The standard InChI is InChI=1S/C28H25NO6/c1-33-21-11-8-19(9-12-21)26-25(22(30)13-7-18-5-3-2-4-6-18)27(31)28(32)29(26)20-10-14-23-24(17-20)35-16-15-34-23/h2-6,8-12,14,17,26,31H,7,13,15-16H2,1H3. The molecule has 2 aliphatic rings. The van der Waals surface area contributed by atoms with E-state index < -0.39 is 17.7 Å². The van der Waals surface area contributed by atoms with Gasteiger partial charge in [0.15, 0.2) is 23.0 Å². The SMILES string of the molecule is COc1ccc(C2C(C(=O)CCc3ccccc3)=C(O)C(=O)N2c2ccc3c(c2)OCCO3)cc1. The minimum atomic E-state index is -0.792. The molecule has 1 N–H and O–H groups in total. The second kappa shape index (κ2) is 9.54. The lowest BCUT2D eigenvalue weighted by molar-refractivity contribution is -0.118. The molecule has 1 unspecified atom stereocenters. The highest BCUT2D eigenvalue weighted by Gasteiger charge is 2.44. The maximum Gasteiger partial charge on any atom is 0.294 e. The molecule has 7 heteroatoms. The van der Waals surface area contributed by atoms with Crippen LogP contribution in [0.5, 0.6) is 17.2 Å². The summed E-state index contributed by atoms with van der Waals surface area (Å²) >= 11 is 0. The van der Waals surface area contributed by atoms with Crippen LogP contribution in [0.15, 0.2) is 84.1 Å². The summed E-state index contributed by atoms with van der Waals surface area (Å²) in [6.07, 6.45) is 0.669. The van der Waals surface area contributed by atoms with Gasteiger partial charge in [0.2, 0.25) is 0 Å². The summed E-state index contributed by atoms with van der Waals surface area (Å²) in [5, 5.41) is 10.9. The molecule has 178 valence electrons. The number of carbonyl (C=O) groups excluding carboxylic acids is 2. The van der Waals surface area contributed by atoms with Crippen LogP contribution < -0.4 is 19.1 Å². The molecule has 0 radical (unpaired) electrons. The van der Waals surface area contributed by atoms with Crippen LogP contribution in [-0.2, 0) is 16.0 Å². The molecule has 0 bridgehead atoms. The number of fused-ring (bicyclic) bond motifs is 1. The Balaban J connectivity index is 1.53. The first-order valence-electron chi connectivity index (χ1n) is 11.4. The highest BCUT2D eigenvalue weighted by molar-refractivity contribution is 6.16. The summed E-state index contributed by atoms with van der Waals surface area (Å²) in [5.74, 6) is 0.307. The topological polar surface area (TPSA) is 85.3 Å². The molecule has 0 saturated heterocycles. The quantitative estimate of drug-likeness (QED) is 0.544. The van der Waals surface area contributed by atoms with Gasteiger partial charge >= 0.3 is 0 Å². The number of rotatable bonds is 7. The second-order valence-corrected chi connectivity index (χ2v) is 8.35. The Morgan fingerprint density at radius 2 is 1.71 bits per heavy atom. The van der Waals surface area contributed by atoms with Gasteiger partial charge in [-0.15, -0.1) is 0 Å². The van der Waals surface area contributed by atoms with Gasteiger partial charge in [-0.3, -0.25) is 14.5 Å². The van der Waals surface area contributed by atoms with Crippen molar-refractivity contribution in [3.05, 3.63) is 95.3 Å². The van der Waals surface area contributed by atoms with Crippen LogP contribution in [0, 0.1) is 0 Å². The van der Waals surface area contributed by atoms with Crippen LogP contribution in [-0.4, -0.2) is 37.1 Å². The maximum atomic E-state index is 13.4. The van der Waals surface area contributed by atoms with Crippen molar-refractivity contribution in [2.24, 2.45) is 0 Å². The average molecular weight is 472 g/mol. The van der Waals surface area contributed by atoms with E-state index in [1.54, 1.807) is 49.6 Å². The van der Waals surface area contributed by atoms with E-state index >= 15 is 0 Å². The van der Waals surface area contributed by atoms with Crippen molar-refractivity contribution in [2.45, 2.75) is 18.9 Å². The van der Waals surface area contributed by atoms with Crippen molar-refractivity contribution >= 4 is 17.4 Å². The number of benzene rings is 3. The predicted octanol–water partition coefficient (Wildman–Crippen LogP) is 4.57. The lowest BCUT2D eigenvalue weighted by Crippen LogP contribution is -2.31. The van der Waals surface area contributed by atoms with Crippen molar-refractivity contribution in [3.8, 4) is 17.2 Å². The fourth-order valence-electron chi connectivity index (χ4n) is 4.48. The minimum Gasteiger partial charge on any atom is -0.503 e. The summed E-state index contributed by atoms with van der Waals surface area (Å²) in [5.41, 5.74) is 2.28. The van der Waals surface area contributed by atoms with E-state index in [2.05, 4.69) is 0 Å². The van der Waals surface area contributed by atoms with Gasteiger partial charge in [-0.05, 0) is 41.8 Å². The Hall–Kier alpha value is -4.26. The van der Waals surface area contributed by atoms with Crippen LogP contribution in [0.3, 0.4) is 0 Å². The lowest BCUT2D eigenvalue weighted by atomic mass is 9.93. The highest BCUT2D eigenvalue weighted by Crippen LogP contribution is 2.44. The van der Waals surface area contributed by atoms with Crippen LogP contribution in [0.4, 0.5) is 5.69 Å². The minimum absolute atomic E-state index is 0.0889. The number of nitrogens with zero attached hydrogens (tertiary/aromatic N) is 1. The molecule has 0 fully saturated rings. The Bertz CT molecular complexity index is 1280. The molecule has 35 heavy (non-hydrogen) atoms. The molecule has 2 heterocycles. The van der Waals surface area contributed by atoms with Crippen LogP contribution in [0.1, 0.15) is 23.6 Å². The number of anilines is 1. The van der Waals surface area contributed by atoms with Gasteiger partial charge in [0.25, 0.3) is 5.91 Å². The van der Waals surface area contributed by atoms with Gasteiger partial charge in [-0.25, -0.2) is 0 Å². The molecule has 1 amide bonds. The summed E-state index contributed by atoms with van der Waals surface area (Å²) < 4.78 is 16.6.